The van der Waals surface area contributed by atoms with Crippen LogP contribution in [0.3, 0.4) is 0 Å². The number of hydrogen-bond acceptors (Lipinski definition) is 3. The molecule has 0 radical (unpaired) electrons. The van der Waals surface area contributed by atoms with Gasteiger partial charge in [0.2, 0.25) is 0 Å². The molecule has 1 aliphatic rings. The van der Waals surface area contributed by atoms with Gasteiger partial charge in [0.15, 0.2) is 0 Å². The number of alkyl halides is 3. The van der Waals surface area contributed by atoms with Crippen molar-refractivity contribution in [2.75, 3.05) is 26.7 Å². The van der Waals surface area contributed by atoms with E-state index in [9.17, 15) is 18.0 Å². The van der Waals surface area contributed by atoms with Gasteiger partial charge in [-0.3, -0.25) is 14.8 Å². The van der Waals surface area contributed by atoms with E-state index in [1.165, 1.54) is 11.9 Å². The summed E-state index contributed by atoms with van der Waals surface area (Å²) in [6, 6.07) is 1.74. The van der Waals surface area contributed by atoms with Gasteiger partial charge in [0, 0.05) is 18.2 Å². The van der Waals surface area contributed by atoms with Gasteiger partial charge in [-0.15, -0.1) is 0 Å². The van der Waals surface area contributed by atoms with Crippen LogP contribution in [0.4, 0.5) is 13.2 Å². The molecule has 1 aromatic rings. The van der Waals surface area contributed by atoms with Crippen molar-refractivity contribution in [3.63, 3.8) is 0 Å². The number of hydrogen-bond donors (Lipinski definition) is 2. The third-order valence-electron chi connectivity index (χ3n) is 3.30. The zero-order chi connectivity index (χ0) is 15.5. The molecule has 0 spiro atoms. The minimum atomic E-state index is -4.19. The minimum Gasteiger partial charge on any atom is -0.351 e. The third kappa shape index (κ3) is 5.37. The molecule has 2 rings (SSSR count). The highest BCUT2D eigenvalue weighted by atomic mass is 19.4. The van der Waals surface area contributed by atoms with Gasteiger partial charge in [0.05, 0.1) is 6.54 Å². The second-order valence-corrected chi connectivity index (χ2v) is 5.45. The molecule has 1 saturated carbocycles. The van der Waals surface area contributed by atoms with Gasteiger partial charge in [0.25, 0.3) is 5.91 Å². The number of nitrogens with one attached hydrogen (secondary N) is 2. The molecule has 0 unspecified atom stereocenters. The molecule has 5 nitrogen and oxygen atoms in total. The first-order chi connectivity index (χ1) is 9.85. The molecule has 1 aromatic heterocycles. The number of aromatic nitrogens is 2. The maximum atomic E-state index is 12.1. The van der Waals surface area contributed by atoms with Crippen molar-refractivity contribution in [1.29, 1.82) is 0 Å². The highest BCUT2D eigenvalue weighted by Gasteiger charge is 2.29. The molecule has 1 heterocycles. The molecule has 118 valence electrons. The SMILES string of the molecule is CN(CCCNC(=O)c1cc(C2CC2)[nH]n1)CC(F)(F)F. The minimum absolute atomic E-state index is 0.272. The Hall–Kier alpha value is -1.57. The van der Waals surface area contributed by atoms with Crippen molar-refractivity contribution in [2.45, 2.75) is 31.4 Å². The normalized spacial score (nSPS) is 15.5. The predicted octanol–water partition coefficient (Wildman–Crippen LogP) is 1.90. The average molecular weight is 304 g/mol. The summed E-state index contributed by atoms with van der Waals surface area (Å²) in [6.07, 6.45) is -1.49. The second-order valence-electron chi connectivity index (χ2n) is 5.45. The molecule has 1 fully saturated rings. The lowest BCUT2D eigenvalue weighted by atomic mass is 10.2. The van der Waals surface area contributed by atoms with E-state index in [1.807, 2.05) is 0 Å². The molecule has 0 atom stereocenters. The van der Waals surface area contributed by atoms with E-state index in [4.69, 9.17) is 0 Å². The quantitative estimate of drug-likeness (QED) is 0.756. The van der Waals surface area contributed by atoms with Crippen molar-refractivity contribution in [1.82, 2.24) is 20.4 Å². The highest BCUT2D eigenvalue weighted by Crippen LogP contribution is 2.38. The van der Waals surface area contributed by atoms with Crippen LogP contribution < -0.4 is 5.32 Å². The number of nitrogens with zero attached hydrogens (tertiary/aromatic N) is 2. The molecule has 1 amide bonds. The van der Waals surface area contributed by atoms with E-state index >= 15 is 0 Å². The summed E-state index contributed by atoms with van der Waals surface area (Å²) in [6.45, 7) is -0.342. The molecule has 1 aliphatic carbocycles. The molecule has 21 heavy (non-hydrogen) atoms. The maximum Gasteiger partial charge on any atom is 0.401 e. The summed E-state index contributed by atoms with van der Waals surface area (Å²) in [5.74, 6) is 0.201. The Morgan fingerprint density at radius 3 is 2.86 bits per heavy atom. The zero-order valence-corrected chi connectivity index (χ0v) is 11.8. The van der Waals surface area contributed by atoms with Gasteiger partial charge >= 0.3 is 6.18 Å². The van der Waals surface area contributed by atoms with Crippen molar-refractivity contribution in [3.05, 3.63) is 17.5 Å². The fraction of sp³-hybridized carbons (Fsp3) is 0.692. The van der Waals surface area contributed by atoms with Gasteiger partial charge in [-0.2, -0.15) is 18.3 Å². The molecule has 2 N–H and O–H groups in total. The lowest BCUT2D eigenvalue weighted by molar-refractivity contribution is -0.143. The van der Waals surface area contributed by atoms with Gasteiger partial charge in [-0.05, 0) is 38.9 Å². The van der Waals surface area contributed by atoms with Crippen LogP contribution in [0.5, 0.6) is 0 Å². The Kier molecular flexibility index (Phi) is 4.87. The summed E-state index contributed by atoms with van der Waals surface area (Å²) < 4.78 is 36.3. The van der Waals surface area contributed by atoms with E-state index in [2.05, 4.69) is 15.5 Å². The zero-order valence-electron chi connectivity index (χ0n) is 11.8. The van der Waals surface area contributed by atoms with Crippen molar-refractivity contribution in [3.8, 4) is 0 Å². The predicted molar refractivity (Wildman–Crippen MR) is 71.1 cm³/mol. The number of amides is 1. The second kappa shape index (κ2) is 6.46. The summed E-state index contributed by atoms with van der Waals surface area (Å²) in [7, 11) is 1.41. The summed E-state index contributed by atoms with van der Waals surface area (Å²) in [4.78, 5) is 13.0. The lowest BCUT2D eigenvalue weighted by Crippen LogP contribution is -2.33. The average Bonchev–Trinajstić information content (AvgIpc) is 3.10. The van der Waals surface area contributed by atoms with Crippen LogP contribution in [0.2, 0.25) is 0 Å². The third-order valence-corrected chi connectivity index (χ3v) is 3.30. The first-order valence-electron chi connectivity index (χ1n) is 6.94. The Balaban J connectivity index is 1.64. The van der Waals surface area contributed by atoms with E-state index in [0.29, 0.717) is 24.6 Å². The Morgan fingerprint density at radius 1 is 1.52 bits per heavy atom. The van der Waals surface area contributed by atoms with Gasteiger partial charge in [0.1, 0.15) is 5.69 Å². The summed E-state index contributed by atoms with van der Waals surface area (Å²) in [5.41, 5.74) is 1.31. The molecular weight excluding hydrogens is 285 g/mol. The first-order valence-corrected chi connectivity index (χ1v) is 6.94. The van der Waals surface area contributed by atoms with E-state index in [0.717, 1.165) is 18.5 Å². The maximum absolute atomic E-state index is 12.1. The number of H-pyrrole nitrogens is 1. The Morgan fingerprint density at radius 2 is 2.24 bits per heavy atom. The molecule has 0 aromatic carbocycles. The first kappa shape index (κ1) is 15.8. The van der Waals surface area contributed by atoms with Crippen molar-refractivity contribution < 1.29 is 18.0 Å². The van der Waals surface area contributed by atoms with Crippen molar-refractivity contribution >= 4 is 5.91 Å². The van der Waals surface area contributed by atoms with Crippen LogP contribution in [0.1, 0.15) is 41.4 Å². The molecule has 8 heteroatoms. The highest BCUT2D eigenvalue weighted by molar-refractivity contribution is 5.92. The largest absolute Gasteiger partial charge is 0.401 e. The van der Waals surface area contributed by atoms with Crippen LogP contribution >= 0.6 is 0 Å². The number of carbonyl (C=O) groups is 1. The number of aromatic amines is 1. The molecule has 0 saturated heterocycles. The van der Waals surface area contributed by atoms with Crippen molar-refractivity contribution in [2.24, 2.45) is 0 Å². The van der Waals surface area contributed by atoms with Gasteiger partial charge < -0.3 is 5.32 Å². The topological polar surface area (TPSA) is 61.0 Å². The fourth-order valence-corrected chi connectivity index (χ4v) is 2.08. The molecule has 0 aliphatic heterocycles. The van der Waals surface area contributed by atoms with E-state index in [1.54, 1.807) is 6.07 Å². The summed E-state index contributed by atoms with van der Waals surface area (Å²) >= 11 is 0. The number of halogens is 3. The smallest absolute Gasteiger partial charge is 0.351 e. The lowest BCUT2D eigenvalue weighted by Gasteiger charge is -2.18. The van der Waals surface area contributed by atoms with Crippen LogP contribution in [0.15, 0.2) is 6.07 Å². The van der Waals surface area contributed by atoms with Crippen LogP contribution in [0.25, 0.3) is 0 Å². The molecular formula is C13H19F3N4O. The van der Waals surface area contributed by atoms with Crippen LogP contribution in [-0.4, -0.2) is 53.9 Å². The number of rotatable bonds is 7. The Labute approximate surface area is 120 Å². The Bertz CT molecular complexity index is 482. The van der Waals surface area contributed by atoms with Crippen LogP contribution in [-0.2, 0) is 0 Å². The fourth-order valence-electron chi connectivity index (χ4n) is 2.08. The van der Waals surface area contributed by atoms with E-state index < -0.39 is 12.7 Å². The number of carbonyl (C=O) groups excluding carboxylic acids is 1. The monoisotopic (exact) mass is 304 g/mol. The molecule has 0 bridgehead atoms. The van der Waals surface area contributed by atoms with E-state index in [-0.39, 0.29) is 12.5 Å². The van der Waals surface area contributed by atoms with Gasteiger partial charge in [-0.1, -0.05) is 0 Å². The summed E-state index contributed by atoms with van der Waals surface area (Å²) in [5, 5.41) is 9.44. The standard InChI is InChI=1S/C13H19F3N4O/c1-20(8-13(14,15)16)6-2-5-17-12(21)11-7-10(18-19-11)9-3-4-9/h7,9H,2-6,8H2,1H3,(H,17,21)(H,18,19). The van der Waals surface area contributed by atoms with Crippen LogP contribution in [0, 0.1) is 0 Å². The van der Waals surface area contributed by atoms with Gasteiger partial charge in [-0.25, -0.2) is 0 Å².